The number of amides is 2. The van der Waals surface area contributed by atoms with Crippen LogP contribution < -0.4 is 15.0 Å². The van der Waals surface area contributed by atoms with Crippen molar-refractivity contribution in [3.8, 4) is 17.1 Å². The van der Waals surface area contributed by atoms with E-state index in [2.05, 4.69) is 10.5 Å². The number of aromatic nitrogens is 1. The van der Waals surface area contributed by atoms with Crippen LogP contribution in [0.1, 0.15) is 12.1 Å². The zero-order valence-electron chi connectivity index (χ0n) is 16.6. The minimum Gasteiger partial charge on any atom is -0.497 e. The number of anilines is 1. The number of rotatable bonds is 6. The molecule has 2 amide bonds. The highest BCUT2D eigenvalue weighted by Gasteiger charge is 2.35. The predicted molar refractivity (Wildman–Crippen MR) is 107 cm³/mol. The van der Waals surface area contributed by atoms with Crippen molar-refractivity contribution in [2.24, 2.45) is 5.92 Å². The van der Waals surface area contributed by atoms with Gasteiger partial charge in [-0.05, 0) is 24.3 Å². The Balaban J connectivity index is 1.37. The van der Waals surface area contributed by atoms with Crippen LogP contribution in [0, 0.1) is 17.6 Å². The molecule has 1 atom stereocenters. The summed E-state index contributed by atoms with van der Waals surface area (Å²) in [4.78, 5) is 26.5. The molecule has 4 rings (SSSR count). The Bertz CT molecular complexity index is 1130. The molecule has 3 aromatic rings. The van der Waals surface area contributed by atoms with Gasteiger partial charge in [-0.1, -0.05) is 11.2 Å². The number of hydrogen-bond donors (Lipinski definition) is 1. The van der Waals surface area contributed by atoms with Gasteiger partial charge in [0.2, 0.25) is 11.8 Å². The molecule has 0 aliphatic carbocycles. The van der Waals surface area contributed by atoms with Gasteiger partial charge in [-0.15, -0.1) is 0 Å². The Kier molecular flexibility index (Phi) is 5.66. The van der Waals surface area contributed by atoms with Gasteiger partial charge in [0.25, 0.3) is 0 Å². The van der Waals surface area contributed by atoms with Crippen molar-refractivity contribution < 1.29 is 27.6 Å². The number of methoxy groups -OCH3 is 1. The third kappa shape index (κ3) is 4.40. The molecule has 2 heterocycles. The molecule has 2 aromatic carbocycles. The normalized spacial score (nSPS) is 15.9. The SMILES string of the molecule is COc1cccc(N2CC(C(=O)NCc3cc(-c4ccc(F)cc4F)on3)CC2=O)c1. The molecule has 1 aliphatic heterocycles. The Morgan fingerprint density at radius 2 is 2.10 bits per heavy atom. The second-order valence-corrected chi connectivity index (χ2v) is 7.13. The molecule has 1 saturated heterocycles. The lowest BCUT2D eigenvalue weighted by atomic mass is 10.1. The zero-order chi connectivity index (χ0) is 22.0. The van der Waals surface area contributed by atoms with Crippen LogP contribution in [0.5, 0.6) is 5.75 Å². The van der Waals surface area contributed by atoms with Crippen LogP contribution in [0.4, 0.5) is 14.5 Å². The molecule has 0 spiro atoms. The van der Waals surface area contributed by atoms with Gasteiger partial charge in [-0.3, -0.25) is 9.59 Å². The van der Waals surface area contributed by atoms with Crippen LogP contribution in [-0.2, 0) is 16.1 Å². The maximum absolute atomic E-state index is 13.9. The molecule has 9 heteroatoms. The first-order chi connectivity index (χ1) is 14.9. The van der Waals surface area contributed by atoms with Crippen molar-refractivity contribution in [1.82, 2.24) is 10.5 Å². The van der Waals surface area contributed by atoms with E-state index in [0.717, 1.165) is 12.1 Å². The topological polar surface area (TPSA) is 84.7 Å². The summed E-state index contributed by atoms with van der Waals surface area (Å²) >= 11 is 0. The Hall–Kier alpha value is -3.75. The molecule has 1 aliphatic rings. The fourth-order valence-electron chi connectivity index (χ4n) is 3.44. The molecule has 1 aromatic heterocycles. The third-order valence-electron chi connectivity index (χ3n) is 5.06. The summed E-state index contributed by atoms with van der Waals surface area (Å²) in [7, 11) is 1.54. The Morgan fingerprint density at radius 1 is 1.26 bits per heavy atom. The lowest BCUT2D eigenvalue weighted by molar-refractivity contribution is -0.126. The van der Waals surface area contributed by atoms with Gasteiger partial charge in [0.05, 0.1) is 25.1 Å². The summed E-state index contributed by atoms with van der Waals surface area (Å²) in [6, 6.07) is 11.7. The highest BCUT2D eigenvalue weighted by molar-refractivity contribution is 6.00. The number of carbonyl (C=O) groups excluding carboxylic acids is 2. The van der Waals surface area contributed by atoms with E-state index in [1.165, 1.54) is 12.1 Å². The average Bonchev–Trinajstić information content (AvgIpc) is 3.39. The van der Waals surface area contributed by atoms with Gasteiger partial charge < -0.3 is 19.5 Å². The molecule has 160 valence electrons. The predicted octanol–water partition coefficient (Wildman–Crippen LogP) is 3.30. The molecule has 0 radical (unpaired) electrons. The van der Waals surface area contributed by atoms with Crippen molar-refractivity contribution in [3.63, 3.8) is 0 Å². The quantitative estimate of drug-likeness (QED) is 0.653. The second kappa shape index (κ2) is 8.55. The average molecular weight is 427 g/mol. The molecule has 1 unspecified atom stereocenters. The van der Waals surface area contributed by atoms with Gasteiger partial charge >= 0.3 is 0 Å². The van der Waals surface area contributed by atoms with Crippen molar-refractivity contribution in [3.05, 3.63) is 65.9 Å². The van der Waals surface area contributed by atoms with Gasteiger partial charge in [0, 0.05) is 36.9 Å². The van der Waals surface area contributed by atoms with Crippen LogP contribution in [0.2, 0.25) is 0 Å². The largest absolute Gasteiger partial charge is 0.497 e. The number of nitrogens with zero attached hydrogens (tertiary/aromatic N) is 2. The molecular formula is C22H19F2N3O4. The molecular weight excluding hydrogens is 408 g/mol. The fourth-order valence-corrected chi connectivity index (χ4v) is 3.44. The molecule has 1 N–H and O–H groups in total. The molecule has 0 saturated carbocycles. The van der Waals surface area contributed by atoms with E-state index < -0.39 is 17.6 Å². The smallest absolute Gasteiger partial charge is 0.227 e. The van der Waals surface area contributed by atoms with Crippen LogP contribution in [0.25, 0.3) is 11.3 Å². The third-order valence-corrected chi connectivity index (χ3v) is 5.06. The summed E-state index contributed by atoms with van der Waals surface area (Å²) in [5, 5.41) is 6.54. The molecule has 1 fully saturated rings. The van der Waals surface area contributed by atoms with Crippen molar-refractivity contribution in [2.45, 2.75) is 13.0 Å². The van der Waals surface area contributed by atoms with Crippen molar-refractivity contribution >= 4 is 17.5 Å². The number of carbonyl (C=O) groups is 2. The minimum absolute atomic E-state index is 0.0506. The Morgan fingerprint density at radius 3 is 2.87 bits per heavy atom. The fraction of sp³-hybridized carbons (Fsp3) is 0.227. The number of ether oxygens (including phenoxy) is 1. The number of nitrogens with one attached hydrogen (secondary N) is 1. The van der Waals surface area contributed by atoms with E-state index in [0.29, 0.717) is 17.1 Å². The first kappa shape index (κ1) is 20.5. The second-order valence-electron chi connectivity index (χ2n) is 7.13. The zero-order valence-corrected chi connectivity index (χ0v) is 16.6. The van der Waals surface area contributed by atoms with Gasteiger partial charge in [-0.2, -0.15) is 0 Å². The summed E-state index contributed by atoms with van der Waals surface area (Å²) < 4.78 is 37.2. The molecule has 31 heavy (non-hydrogen) atoms. The van der Waals surface area contributed by atoms with E-state index in [1.54, 1.807) is 36.3 Å². The number of benzene rings is 2. The summed E-state index contributed by atoms with van der Waals surface area (Å²) in [5.74, 6) is -1.67. The van der Waals surface area contributed by atoms with Gasteiger partial charge in [0.15, 0.2) is 5.76 Å². The maximum Gasteiger partial charge on any atom is 0.227 e. The number of halogens is 2. The van der Waals surface area contributed by atoms with E-state index >= 15 is 0 Å². The summed E-state index contributed by atoms with van der Waals surface area (Å²) in [6.07, 6.45) is 0.0912. The van der Waals surface area contributed by atoms with Gasteiger partial charge in [0.1, 0.15) is 23.1 Å². The monoisotopic (exact) mass is 427 g/mol. The van der Waals surface area contributed by atoms with Crippen molar-refractivity contribution in [2.75, 3.05) is 18.6 Å². The molecule has 7 nitrogen and oxygen atoms in total. The van der Waals surface area contributed by atoms with E-state index in [1.807, 2.05) is 0 Å². The van der Waals surface area contributed by atoms with Crippen LogP contribution in [0.3, 0.4) is 0 Å². The van der Waals surface area contributed by atoms with Crippen LogP contribution in [0.15, 0.2) is 53.1 Å². The standard InChI is InChI=1S/C22H19F2N3O4/c1-30-17-4-2-3-16(10-17)27-12-13(7-21(27)28)22(29)25-11-15-9-20(31-26-15)18-6-5-14(23)8-19(18)24/h2-6,8-10,13H,7,11-12H2,1H3,(H,25,29). The maximum atomic E-state index is 13.9. The van der Waals surface area contributed by atoms with E-state index in [-0.39, 0.29) is 42.6 Å². The molecule has 0 bridgehead atoms. The van der Waals surface area contributed by atoms with E-state index in [9.17, 15) is 18.4 Å². The highest BCUT2D eigenvalue weighted by Crippen LogP contribution is 2.28. The number of hydrogen-bond acceptors (Lipinski definition) is 5. The van der Waals surface area contributed by atoms with Gasteiger partial charge in [-0.25, -0.2) is 8.78 Å². The minimum atomic E-state index is -0.770. The lowest BCUT2D eigenvalue weighted by Gasteiger charge is -2.17. The summed E-state index contributed by atoms with van der Waals surface area (Å²) in [5.41, 5.74) is 1.12. The first-order valence-corrected chi connectivity index (χ1v) is 9.57. The van der Waals surface area contributed by atoms with Crippen molar-refractivity contribution in [1.29, 1.82) is 0 Å². The van der Waals surface area contributed by atoms with E-state index in [4.69, 9.17) is 9.26 Å². The highest BCUT2D eigenvalue weighted by atomic mass is 19.1. The van der Waals surface area contributed by atoms with Crippen LogP contribution >= 0.6 is 0 Å². The summed E-state index contributed by atoms with van der Waals surface area (Å²) in [6.45, 7) is 0.303. The van der Waals surface area contributed by atoms with Crippen LogP contribution in [-0.4, -0.2) is 30.6 Å². The Labute approximate surface area is 176 Å². The lowest BCUT2D eigenvalue weighted by Crippen LogP contribution is -2.32. The first-order valence-electron chi connectivity index (χ1n) is 9.57.